The predicted octanol–water partition coefficient (Wildman–Crippen LogP) is 2.20. The van der Waals surface area contributed by atoms with Crippen LogP contribution >= 0.6 is 0 Å². The third-order valence-corrected chi connectivity index (χ3v) is 2.97. The molecule has 0 unspecified atom stereocenters. The summed E-state index contributed by atoms with van der Waals surface area (Å²) in [6.07, 6.45) is 0. The summed E-state index contributed by atoms with van der Waals surface area (Å²) in [4.78, 5) is 23.7. The van der Waals surface area contributed by atoms with Crippen LogP contribution in [-0.4, -0.2) is 25.5 Å². The summed E-state index contributed by atoms with van der Waals surface area (Å²) in [7, 11) is 1.62. The molecule has 0 heterocycles. The average molecular weight is 298 g/mol. The van der Waals surface area contributed by atoms with Crippen LogP contribution < -0.4 is 10.6 Å². The number of nitrogens with one attached hydrogen (secondary N) is 2. The largest absolute Gasteiger partial charge is 0.380 e. The van der Waals surface area contributed by atoms with Gasteiger partial charge in [-0.3, -0.25) is 9.59 Å². The van der Waals surface area contributed by atoms with E-state index in [-0.39, 0.29) is 18.4 Å². The summed E-state index contributed by atoms with van der Waals surface area (Å²) >= 11 is 0. The molecule has 2 aromatic carbocycles. The van der Waals surface area contributed by atoms with Crippen molar-refractivity contribution in [1.82, 2.24) is 5.32 Å². The molecule has 0 bridgehead atoms. The SMILES string of the molecule is COCc1cccc(NC(=O)CNC(=O)c2ccccc2)c1. The van der Waals surface area contributed by atoms with E-state index in [0.717, 1.165) is 5.56 Å². The van der Waals surface area contributed by atoms with E-state index in [1.807, 2.05) is 24.3 Å². The maximum Gasteiger partial charge on any atom is 0.251 e. The van der Waals surface area contributed by atoms with Crippen molar-refractivity contribution < 1.29 is 14.3 Å². The molecule has 0 radical (unpaired) electrons. The van der Waals surface area contributed by atoms with Crippen LogP contribution in [0.3, 0.4) is 0 Å². The quantitative estimate of drug-likeness (QED) is 0.859. The van der Waals surface area contributed by atoms with Gasteiger partial charge in [0.1, 0.15) is 0 Å². The molecule has 114 valence electrons. The van der Waals surface area contributed by atoms with Gasteiger partial charge in [0.2, 0.25) is 5.91 Å². The fraction of sp³-hybridized carbons (Fsp3) is 0.176. The minimum atomic E-state index is -0.279. The van der Waals surface area contributed by atoms with Crippen LogP contribution in [0.4, 0.5) is 5.69 Å². The van der Waals surface area contributed by atoms with Gasteiger partial charge < -0.3 is 15.4 Å². The first kappa shape index (κ1) is 15.7. The van der Waals surface area contributed by atoms with Crippen LogP contribution in [0.15, 0.2) is 54.6 Å². The Balaban J connectivity index is 1.85. The third-order valence-electron chi connectivity index (χ3n) is 2.97. The van der Waals surface area contributed by atoms with E-state index in [0.29, 0.717) is 17.9 Å². The normalized spacial score (nSPS) is 10.0. The lowest BCUT2D eigenvalue weighted by atomic mass is 10.2. The number of carbonyl (C=O) groups is 2. The second-order valence-corrected chi connectivity index (χ2v) is 4.73. The molecular formula is C17H18N2O3. The van der Waals surface area contributed by atoms with Crippen LogP contribution in [-0.2, 0) is 16.1 Å². The Bertz CT molecular complexity index is 641. The highest BCUT2D eigenvalue weighted by Gasteiger charge is 2.07. The molecule has 0 aliphatic rings. The first-order valence-corrected chi connectivity index (χ1v) is 6.90. The Kier molecular flexibility index (Phi) is 5.68. The van der Waals surface area contributed by atoms with E-state index < -0.39 is 0 Å². The maximum absolute atomic E-state index is 11.9. The van der Waals surface area contributed by atoms with Gasteiger partial charge in [-0.05, 0) is 29.8 Å². The summed E-state index contributed by atoms with van der Waals surface area (Å²) in [5, 5.41) is 5.32. The van der Waals surface area contributed by atoms with E-state index in [1.165, 1.54) is 0 Å². The molecule has 2 rings (SSSR count). The van der Waals surface area contributed by atoms with Gasteiger partial charge in [-0.1, -0.05) is 30.3 Å². The molecule has 2 aromatic rings. The van der Waals surface area contributed by atoms with Gasteiger partial charge in [0.15, 0.2) is 0 Å². The van der Waals surface area contributed by atoms with Crippen LogP contribution in [0, 0.1) is 0 Å². The molecule has 22 heavy (non-hydrogen) atoms. The zero-order valence-electron chi connectivity index (χ0n) is 12.3. The minimum Gasteiger partial charge on any atom is -0.380 e. The van der Waals surface area contributed by atoms with Gasteiger partial charge in [0.25, 0.3) is 5.91 Å². The van der Waals surface area contributed by atoms with Crippen molar-refractivity contribution in [1.29, 1.82) is 0 Å². The van der Waals surface area contributed by atoms with Gasteiger partial charge >= 0.3 is 0 Å². The Labute approximate surface area is 129 Å². The Morgan fingerprint density at radius 1 is 1.05 bits per heavy atom. The van der Waals surface area contributed by atoms with Gasteiger partial charge in [-0.2, -0.15) is 0 Å². The smallest absolute Gasteiger partial charge is 0.251 e. The second kappa shape index (κ2) is 7.95. The second-order valence-electron chi connectivity index (χ2n) is 4.73. The number of amides is 2. The summed E-state index contributed by atoms with van der Waals surface area (Å²) in [6.45, 7) is 0.399. The summed E-state index contributed by atoms with van der Waals surface area (Å²) in [5.74, 6) is -0.553. The molecule has 5 heteroatoms. The molecular weight excluding hydrogens is 280 g/mol. The van der Waals surface area contributed by atoms with Crippen LogP contribution in [0.2, 0.25) is 0 Å². The number of benzene rings is 2. The maximum atomic E-state index is 11.9. The van der Waals surface area contributed by atoms with E-state index in [1.54, 1.807) is 37.4 Å². The molecule has 0 fully saturated rings. The van der Waals surface area contributed by atoms with Crippen molar-refractivity contribution >= 4 is 17.5 Å². The van der Waals surface area contributed by atoms with Crippen molar-refractivity contribution in [2.45, 2.75) is 6.61 Å². The molecule has 0 aromatic heterocycles. The first-order valence-electron chi connectivity index (χ1n) is 6.90. The zero-order valence-corrected chi connectivity index (χ0v) is 12.3. The lowest BCUT2D eigenvalue weighted by molar-refractivity contribution is -0.115. The molecule has 0 aliphatic carbocycles. The molecule has 0 saturated heterocycles. The Morgan fingerprint density at radius 2 is 1.82 bits per heavy atom. The zero-order chi connectivity index (χ0) is 15.8. The highest BCUT2D eigenvalue weighted by molar-refractivity contribution is 5.99. The van der Waals surface area contributed by atoms with Gasteiger partial charge in [-0.15, -0.1) is 0 Å². The lowest BCUT2D eigenvalue weighted by Crippen LogP contribution is -2.32. The van der Waals surface area contributed by atoms with Crippen molar-refractivity contribution in [3.8, 4) is 0 Å². The fourth-order valence-corrected chi connectivity index (χ4v) is 1.96. The standard InChI is InChI=1S/C17H18N2O3/c1-22-12-13-6-5-9-15(10-13)19-16(20)11-18-17(21)14-7-3-2-4-8-14/h2-10H,11-12H2,1H3,(H,18,21)(H,19,20). The number of rotatable bonds is 6. The molecule has 2 N–H and O–H groups in total. The van der Waals surface area contributed by atoms with Crippen molar-refractivity contribution in [3.63, 3.8) is 0 Å². The van der Waals surface area contributed by atoms with Crippen LogP contribution in [0.5, 0.6) is 0 Å². The Hall–Kier alpha value is -2.66. The molecule has 0 spiro atoms. The molecule has 0 saturated carbocycles. The fourth-order valence-electron chi connectivity index (χ4n) is 1.96. The minimum absolute atomic E-state index is 0.0811. The molecule has 0 aliphatic heterocycles. The van der Waals surface area contributed by atoms with E-state index >= 15 is 0 Å². The van der Waals surface area contributed by atoms with Crippen LogP contribution in [0.1, 0.15) is 15.9 Å². The highest BCUT2D eigenvalue weighted by Crippen LogP contribution is 2.11. The van der Waals surface area contributed by atoms with E-state index in [9.17, 15) is 9.59 Å². The van der Waals surface area contributed by atoms with E-state index in [2.05, 4.69) is 10.6 Å². The van der Waals surface area contributed by atoms with E-state index in [4.69, 9.17) is 4.74 Å². The van der Waals surface area contributed by atoms with Gasteiger partial charge in [0, 0.05) is 18.4 Å². The lowest BCUT2D eigenvalue weighted by Gasteiger charge is -2.08. The van der Waals surface area contributed by atoms with Crippen molar-refractivity contribution in [2.24, 2.45) is 0 Å². The topological polar surface area (TPSA) is 67.4 Å². The predicted molar refractivity (Wildman–Crippen MR) is 84.6 cm³/mol. The summed E-state index contributed by atoms with van der Waals surface area (Å²) in [6, 6.07) is 16.1. The average Bonchev–Trinajstić information content (AvgIpc) is 2.54. The molecule has 0 atom stereocenters. The monoisotopic (exact) mass is 298 g/mol. The first-order chi connectivity index (χ1) is 10.7. The number of anilines is 1. The summed E-state index contributed by atoms with van der Waals surface area (Å²) < 4.78 is 5.05. The number of ether oxygens (including phenoxy) is 1. The van der Waals surface area contributed by atoms with Crippen LogP contribution in [0.25, 0.3) is 0 Å². The van der Waals surface area contributed by atoms with Gasteiger partial charge in [-0.25, -0.2) is 0 Å². The van der Waals surface area contributed by atoms with Gasteiger partial charge in [0.05, 0.1) is 13.2 Å². The number of hydrogen-bond donors (Lipinski definition) is 2. The summed E-state index contributed by atoms with van der Waals surface area (Å²) in [5.41, 5.74) is 2.17. The number of hydrogen-bond acceptors (Lipinski definition) is 3. The molecule has 5 nitrogen and oxygen atoms in total. The molecule has 2 amide bonds. The highest BCUT2D eigenvalue weighted by atomic mass is 16.5. The third kappa shape index (κ3) is 4.71. The number of carbonyl (C=O) groups excluding carboxylic acids is 2. The Morgan fingerprint density at radius 3 is 2.55 bits per heavy atom. The van der Waals surface area contributed by atoms with Crippen molar-refractivity contribution in [2.75, 3.05) is 19.0 Å². The van der Waals surface area contributed by atoms with Crippen molar-refractivity contribution in [3.05, 3.63) is 65.7 Å². The number of methoxy groups -OCH3 is 1.